The second-order valence-corrected chi connectivity index (χ2v) is 7.06. The molecule has 0 spiro atoms. The van der Waals surface area contributed by atoms with Gasteiger partial charge in [0.15, 0.2) is 5.69 Å². The fourth-order valence-corrected chi connectivity index (χ4v) is 2.49. The number of anilines is 1. The van der Waals surface area contributed by atoms with Crippen molar-refractivity contribution in [2.24, 2.45) is 0 Å². The fourth-order valence-electron chi connectivity index (χ4n) is 2.35. The first kappa shape index (κ1) is 25.7. The largest absolute Gasteiger partial charge is 0.464 e. The van der Waals surface area contributed by atoms with Gasteiger partial charge in [-0.05, 0) is 39.1 Å². The van der Waals surface area contributed by atoms with Crippen LogP contribution in [0, 0.1) is 5.82 Å². The lowest BCUT2D eigenvalue weighted by atomic mass is 10.4. The number of rotatable bonds is 5. The molecule has 0 radical (unpaired) electrons. The van der Waals surface area contributed by atoms with Crippen molar-refractivity contribution in [1.29, 1.82) is 0 Å². The summed E-state index contributed by atoms with van der Waals surface area (Å²) in [6.07, 6.45) is 5.47. The number of nitrogens with zero attached hydrogens (tertiary/aromatic N) is 4. The maximum atomic E-state index is 12.2. The molecule has 30 heavy (non-hydrogen) atoms. The first-order valence-corrected chi connectivity index (χ1v) is 9.95. The van der Waals surface area contributed by atoms with Crippen molar-refractivity contribution in [2.75, 3.05) is 59.5 Å². The van der Waals surface area contributed by atoms with E-state index < -0.39 is 5.97 Å². The third kappa shape index (κ3) is 9.96. The van der Waals surface area contributed by atoms with Crippen LogP contribution >= 0.6 is 11.6 Å². The van der Waals surface area contributed by atoms with E-state index in [-0.39, 0.29) is 16.5 Å². The molecule has 0 saturated carbocycles. The van der Waals surface area contributed by atoms with Crippen molar-refractivity contribution in [3.8, 4) is 0 Å². The average molecular weight is 441 g/mol. The lowest BCUT2D eigenvalue weighted by molar-refractivity contribution is 0.0593. The molecule has 0 aliphatic carbocycles. The van der Waals surface area contributed by atoms with E-state index in [0.29, 0.717) is 0 Å². The molecule has 0 amide bonds. The quantitative estimate of drug-likeness (QED) is 0.658. The number of esters is 1. The summed E-state index contributed by atoms with van der Waals surface area (Å²) in [7, 11) is 7.10. The number of carbonyl (C=O) groups excluding carboxylic acids is 1. The Hall–Kier alpha value is -2.29. The number of carbonyl (C=O) groups is 1. The van der Waals surface area contributed by atoms with Crippen LogP contribution in [0.25, 0.3) is 0 Å². The third-order valence-corrected chi connectivity index (χ3v) is 4.34. The molecule has 1 aliphatic rings. The predicted molar refractivity (Wildman–Crippen MR) is 117 cm³/mol. The molecule has 3 rings (SSSR count). The van der Waals surface area contributed by atoms with E-state index in [1.165, 1.54) is 38.3 Å². The van der Waals surface area contributed by atoms with Gasteiger partial charge >= 0.3 is 5.97 Å². The van der Waals surface area contributed by atoms with Gasteiger partial charge in [-0.25, -0.2) is 19.2 Å². The third-order valence-electron chi connectivity index (χ3n) is 4.03. The average Bonchev–Trinajstić information content (AvgIpc) is 3.30. The van der Waals surface area contributed by atoms with Crippen LogP contribution in [-0.2, 0) is 9.47 Å². The smallest absolute Gasteiger partial charge is 0.358 e. The lowest BCUT2D eigenvalue weighted by Gasteiger charge is -2.15. The highest BCUT2D eigenvalue weighted by atomic mass is 35.5. The van der Waals surface area contributed by atoms with Gasteiger partial charge in [-0.3, -0.25) is 0 Å². The number of benzene rings is 1. The van der Waals surface area contributed by atoms with Crippen molar-refractivity contribution in [2.45, 2.75) is 12.8 Å². The van der Waals surface area contributed by atoms with Gasteiger partial charge in [0.2, 0.25) is 0 Å². The first-order chi connectivity index (χ1) is 14.4. The number of aromatic nitrogens is 2. The molecular weight excluding hydrogens is 411 g/mol. The second kappa shape index (κ2) is 14.7. The van der Waals surface area contributed by atoms with Crippen molar-refractivity contribution in [3.05, 3.63) is 53.2 Å². The molecule has 0 unspecified atom stereocenters. The molecule has 166 valence electrons. The van der Waals surface area contributed by atoms with E-state index in [9.17, 15) is 9.18 Å². The Balaban J connectivity index is 0.000000254. The van der Waals surface area contributed by atoms with Crippen LogP contribution in [0.4, 0.5) is 10.2 Å². The lowest BCUT2D eigenvalue weighted by Crippen LogP contribution is -2.19. The molecule has 2 aromatic rings. The Kier molecular flexibility index (Phi) is 12.6. The van der Waals surface area contributed by atoms with Gasteiger partial charge in [-0.15, -0.1) is 0 Å². The Bertz CT molecular complexity index is 720. The number of methoxy groups -OCH3 is 2. The van der Waals surface area contributed by atoms with Crippen molar-refractivity contribution in [3.63, 3.8) is 0 Å². The molecule has 0 bridgehead atoms. The van der Waals surface area contributed by atoms with Gasteiger partial charge in [0.1, 0.15) is 11.6 Å². The summed E-state index contributed by atoms with van der Waals surface area (Å²) < 4.78 is 21.5. The molecule has 0 N–H and O–H groups in total. The van der Waals surface area contributed by atoms with Gasteiger partial charge < -0.3 is 19.3 Å². The minimum atomic E-state index is -0.449. The maximum absolute atomic E-state index is 12.2. The number of halogens is 2. The molecule has 1 aliphatic heterocycles. The first-order valence-electron chi connectivity index (χ1n) is 9.58. The molecular formula is C21H30ClFN4O3. The zero-order chi connectivity index (χ0) is 22.4. The molecule has 7 nitrogen and oxygen atoms in total. The van der Waals surface area contributed by atoms with E-state index >= 15 is 0 Å². The van der Waals surface area contributed by atoms with Gasteiger partial charge in [-0.1, -0.05) is 23.7 Å². The molecule has 2 heterocycles. The second-order valence-electron chi connectivity index (χ2n) is 6.66. The maximum Gasteiger partial charge on any atom is 0.358 e. The Labute approximate surface area is 182 Å². The standard InChI is InChI=1S/C10H13N3O2.C6H4ClF.C5H13NO/c1-15-10(14)8-6-12-9(7-11-8)13-4-2-3-5-13;7-5-3-1-2-4-6(5)8;1-6(2)4-5-7-3/h6-7H,2-5H2,1H3;1-4H;4-5H2,1-3H3. The van der Waals surface area contributed by atoms with Crippen molar-refractivity contribution >= 4 is 23.4 Å². The fraction of sp³-hybridized carbons (Fsp3) is 0.476. The van der Waals surface area contributed by atoms with Crippen LogP contribution in [0.15, 0.2) is 36.7 Å². The normalized spacial score (nSPS) is 12.6. The number of ether oxygens (including phenoxy) is 2. The zero-order valence-corrected chi connectivity index (χ0v) is 18.7. The van der Waals surface area contributed by atoms with Crippen LogP contribution in [-0.4, -0.2) is 75.4 Å². The van der Waals surface area contributed by atoms with E-state index in [1.54, 1.807) is 25.4 Å². The molecule has 0 atom stereocenters. The Morgan fingerprint density at radius 1 is 1.17 bits per heavy atom. The van der Waals surface area contributed by atoms with E-state index in [2.05, 4.69) is 24.5 Å². The van der Waals surface area contributed by atoms with Crippen LogP contribution in [0.2, 0.25) is 5.02 Å². The van der Waals surface area contributed by atoms with E-state index in [1.807, 2.05) is 14.1 Å². The summed E-state index contributed by atoms with van der Waals surface area (Å²) in [6, 6.07) is 6.12. The van der Waals surface area contributed by atoms with Gasteiger partial charge in [0, 0.05) is 26.7 Å². The van der Waals surface area contributed by atoms with E-state index in [4.69, 9.17) is 16.3 Å². The monoisotopic (exact) mass is 440 g/mol. The summed E-state index contributed by atoms with van der Waals surface area (Å²) in [5.74, 6) is 0.0183. The topological polar surface area (TPSA) is 67.8 Å². The number of likely N-dealkylation sites (N-methyl/N-ethyl adjacent to an activating group) is 1. The highest BCUT2D eigenvalue weighted by Gasteiger charge is 2.15. The molecule has 1 saturated heterocycles. The highest BCUT2D eigenvalue weighted by molar-refractivity contribution is 6.30. The molecule has 1 aromatic carbocycles. The molecule has 1 fully saturated rings. The number of hydrogen-bond donors (Lipinski definition) is 0. The summed E-state index contributed by atoms with van der Waals surface area (Å²) in [6.45, 7) is 3.88. The summed E-state index contributed by atoms with van der Waals surface area (Å²) in [5, 5.41) is 0.174. The number of hydrogen-bond acceptors (Lipinski definition) is 7. The van der Waals surface area contributed by atoms with Crippen LogP contribution in [0.1, 0.15) is 23.3 Å². The zero-order valence-electron chi connectivity index (χ0n) is 18.0. The Morgan fingerprint density at radius 2 is 1.83 bits per heavy atom. The van der Waals surface area contributed by atoms with Gasteiger partial charge in [-0.2, -0.15) is 0 Å². The SMILES string of the molecule is COC(=O)c1cnc(N2CCCC2)cn1.COCCN(C)C.Fc1ccccc1Cl. The predicted octanol–water partition coefficient (Wildman–Crippen LogP) is 3.54. The van der Waals surface area contributed by atoms with Crippen LogP contribution in [0.3, 0.4) is 0 Å². The summed E-state index contributed by atoms with van der Waals surface area (Å²) >= 11 is 5.33. The summed E-state index contributed by atoms with van der Waals surface area (Å²) in [4.78, 5) is 23.6. The van der Waals surface area contributed by atoms with Gasteiger partial charge in [0.05, 0.1) is 31.1 Å². The van der Waals surface area contributed by atoms with Crippen LogP contribution in [0.5, 0.6) is 0 Å². The highest BCUT2D eigenvalue weighted by Crippen LogP contribution is 2.16. The molecule has 1 aromatic heterocycles. The van der Waals surface area contributed by atoms with Crippen LogP contribution < -0.4 is 4.90 Å². The molecule has 9 heteroatoms. The Morgan fingerprint density at radius 3 is 2.23 bits per heavy atom. The minimum absolute atomic E-state index is 0.174. The minimum Gasteiger partial charge on any atom is -0.464 e. The van der Waals surface area contributed by atoms with Gasteiger partial charge in [0.25, 0.3) is 0 Å². The van der Waals surface area contributed by atoms with Crippen molar-refractivity contribution < 1.29 is 18.7 Å². The van der Waals surface area contributed by atoms with Crippen molar-refractivity contribution in [1.82, 2.24) is 14.9 Å². The summed E-state index contributed by atoms with van der Waals surface area (Å²) in [5.41, 5.74) is 0.250. The van der Waals surface area contributed by atoms with E-state index in [0.717, 1.165) is 32.1 Å².